The van der Waals surface area contributed by atoms with Crippen molar-refractivity contribution in [2.75, 3.05) is 17.2 Å². The summed E-state index contributed by atoms with van der Waals surface area (Å²) < 4.78 is 5.04. The number of anilines is 2. The second kappa shape index (κ2) is 9.25. The van der Waals surface area contributed by atoms with Gasteiger partial charge in [-0.3, -0.25) is 9.59 Å². The van der Waals surface area contributed by atoms with E-state index in [-0.39, 0.29) is 30.0 Å². The summed E-state index contributed by atoms with van der Waals surface area (Å²) in [5.74, 6) is -0.163. The van der Waals surface area contributed by atoms with Gasteiger partial charge in [0.15, 0.2) is 5.76 Å². The number of carbonyl (C=O) groups excluding carboxylic acids is 2. The van der Waals surface area contributed by atoms with Crippen LogP contribution in [0.2, 0.25) is 0 Å². The minimum Gasteiger partial charge on any atom is -0.459 e. The number of carbonyl (C=O) groups is 2. The zero-order valence-electron chi connectivity index (χ0n) is 14.4. The van der Waals surface area contributed by atoms with Gasteiger partial charge in [-0.2, -0.15) is 0 Å². The van der Waals surface area contributed by atoms with Gasteiger partial charge >= 0.3 is 0 Å². The van der Waals surface area contributed by atoms with Crippen molar-refractivity contribution in [2.24, 2.45) is 11.1 Å². The van der Waals surface area contributed by atoms with E-state index in [1.165, 1.54) is 6.26 Å². The Morgan fingerprint density at radius 3 is 2.04 bits per heavy atom. The lowest BCUT2D eigenvalue weighted by Gasteiger charge is -2.28. The Morgan fingerprint density at radius 2 is 1.60 bits per heavy atom. The molecule has 2 rings (SSSR count). The van der Waals surface area contributed by atoms with Crippen molar-refractivity contribution in [3.05, 3.63) is 48.4 Å². The van der Waals surface area contributed by atoms with Gasteiger partial charge in [0.1, 0.15) is 0 Å². The smallest absolute Gasteiger partial charge is 0.291 e. The summed E-state index contributed by atoms with van der Waals surface area (Å²) in [5.41, 5.74) is 6.52. The highest BCUT2D eigenvalue weighted by Gasteiger charge is 2.33. The first-order valence-electron chi connectivity index (χ1n) is 8.01. The van der Waals surface area contributed by atoms with Crippen molar-refractivity contribution in [3.63, 3.8) is 0 Å². The average Bonchev–Trinajstić information content (AvgIpc) is 3.13. The van der Waals surface area contributed by atoms with Crippen LogP contribution in [-0.4, -0.2) is 18.4 Å². The van der Waals surface area contributed by atoms with E-state index < -0.39 is 5.41 Å². The molecule has 4 N–H and O–H groups in total. The first kappa shape index (κ1) is 20.7. The van der Waals surface area contributed by atoms with Crippen molar-refractivity contribution >= 4 is 35.6 Å². The van der Waals surface area contributed by atoms with Crippen LogP contribution in [0.25, 0.3) is 0 Å². The highest BCUT2D eigenvalue weighted by molar-refractivity contribution is 6.02. The molecule has 0 radical (unpaired) electrons. The fourth-order valence-corrected chi connectivity index (χ4v) is 2.45. The van der Waals surface area contributed by atoms with Gasteiger partial charge in [-0.1, -0.05) is 13.8 Å². The van der Waals surface area contributed by atoms with E-state index in [2.05, 4.69) is 10.6 Å². The maximum atomic E-state index is 12.5. The minimum atomic E-state index is -0.549. The third-order valence-electron chi connectivity index (χ3n) is 4.37. The number of furan rings is 1. The van der Waals surface area contributed by atoms with E-state index in [0.29, 0.717) is 30.8 Å². The molecule has 7 heteroatoms. The Balaban J connectivity index is 0.00000312. The van der Waals surface area contributed by atoms with Crippen molar-refractivity contribution < 1.29 is 14.0 Å². The molecular formula is C18H24ClN3O3. The Bertz CT molecular complexity index is 672. The third kappa shape index (κ3) is 4.84. The van der Waals surface area contributed by atoms with Crippen molar-refractivity contribution in [3.8, 4) is 0 Å². The van der Waals surface area contributed by atoms with Gasteiger partial charge in [-0.15, -0.1) is 12.4 Å². The predicted molar refractivity (Wildman–Crippen MR) is 101 cm³/mol. The minimum absolute atomic E-state index is 0. The van der Waals surface area contributed by atoms with E-state index in [1.54, 1.807) is 36.4 Å². The molecule has 0 atom stereocenters. The van der Waals surface area contributed by atoms with Gasteiger partial charge in [-0.05, 0) is 49.2 Å². The quantitative estimate of drug-likeness (QED) is 0.697. The van der Waals surface area contributed by atoms with Gasteiger partial charge in [0.2, 0.25) is 5.91 Å². The Morgan fingerprint density at radius 1 is 1.04 bits per heavy atom. The summed E-state index contributed by atoms with van der Waals surface area (Å²) in [4.78, 5) is 24.4. The first-order chi connectivity index (χ1) is 11.5. The molecule has 0 unspecified atom stereocenters. The van der Waals surface area contributed by atoms with Crippen LogP contribution >= 0.6 is 12.4 Å². The lowest BCUT2D eigenvalue weighted by Crippen LogP contribution is -2.41. The zero-order valence-corrected chi connectivity index (χ0v) is 15.2. The topological polar surface area (TPSA) is 97.4 Å². The van der Waals surface area contributed by atoms with E-state index in [9.17, 15) is 9.59 Å². The number of nitrogens with one attached hydrogen (secondary N) is 2. The van der Waals surface area contributed by atoms with E-state index in [4.69, 9.17) is 10.2 Å². The summed E-state index contributed by atoms with van der Waals surface area (Å²) in [5, 5.41) is 5.62. The van der Waals surface area contributed by atoms with E-state index in [1.807, 2.05) is 13.8 Å². The molecule has 1 aromatic heterocycles. The largest absolute Gasteiger partial charge is 0.459 e. The van der Waals surface area contributed by atoms with Crippen molar-refractivity contribution in [1.82, 2.24) is 0 Å². The molecule has 0 saturated carbocycles. The number of rotatable bonds is 7. The van der Waals surface area contributed by atoms with Crippen LogP contribution in [0.15, 0.2) is 47.1 Å². The van der Waals surface area contributed by atoms with Crippen LogP contribution in [0.1, 0.15) is 37.2 Å². The van der Waals surface area contributed by atoms with Gasteiger partial charge in [-0.25, -0.2) is 0 Å². The SMILES string of the molecule is CCC(CC)(CN)C(=O)Nc1ccc(NC(=O)c2ccco2)cc1.Cl. The molecule has 0 fully saturated rings. The average molecular weight is 366 g/mol. The van der Waals surface area contributed by atoms with Crippen LogP contribution in [-0.2, 0) is 4.79 Å². The molecule has 0 aliphatic rings. The van der Waals surface area contributed by atoms with E-state index >= 15 is 0 Å². The molecule has 0 aliphatic heterocycles. The third-order valence-corrected chi connectivity index (χ3v) is 4.37. The maximum absolute atomic E-state index is 12.5. The molecule has 0 saturated heterocycles. The summed E-state index contributed by atoms with van der Waals surface area (Å²) >= 11 is 0. The highest BCUT2D eigenvalue weighted by atomic mass is 35.5. The molecule has 1 aromatic carbocycles. The molecule has 0 bridgehead atoms. The number of halogens is 1. The summed E-state index contributed by atoms with van der Waals surface area (Å²) in [7, 11) is 0. The van der Waals surface area contributed by atoms with Crippen molar-refractivity contribution in [2.45, 2.75) is 26.7 Å². The molecule has 0 spiro atoms. The van der Waals surface area contributed by atoms with Crippen LogP contribution in [0.3, 0.4) is 0 Å². The fraction of sp³-hybridized carbons (Fsp3) is 0.333. The number of hydrogen-bond donors (Lipinski definition) is 3. The second-order valence-corrected chi connectivity index (χ2v) is 5.65. The molecule has 1 heterocycles. The van der Waals surface area contributed by atoms with Crippen molar-refractivity contribution in [1.29, 1.82) is 0 Å². The Labute approximate surface area is 153 Å². The lowest BCUT2D eigenvalue weighted by molar-refractivity contribution is -0.125. The van der Waals surface area contributed by atoms with E-state index in [0.717, 1.165) is 0 Å². The van der Waals surface area contributed by atoms with Gasteiger partial charge in [0.25, 0.3) is 5.91 Å². The molecule has 25 heavy (non-hydrogen) atoms. The number of nitrogens with two attached hydrogens (primary N) is 1. The number of amides is 2. The zero-order chi connectivity index (χ0) is 17.6. The highest BCUT2D eigenvalue weighted by Crippen LogP contribution is 2.27. The number of benzene rings is 1. The molecule has 6 nitrogen and oxygen atoms in total. The number of hydrogen-bond acceptors (Lipinski definition) is 4. The molecule has 0 aliphatic carbocycles. The van der Waals surface area contributed by atoms with Crippen LogP contribution in [0.5, 0.6) is 0 Å². The standard InChI is InChI=1S/C18H23N3O3.ClH/c1-3-18(4-2,12-19)17(23)21-14-9-7-13(8-10-14)20-16(22)15-6-5-11-24-15;/h5-11H,3-4,12,19H2,1-2H3,(H,20,22)(H,21,23);1H. The fourth-order valence-electron chi connectivity index (χ4n) is 2.45. The summed E-state index contributed by atoms with van der Waals surface area (Å²) in [6.07, 6.45) is 2.81. The Kier molecular flexibility index (Phi) is 7.67. The van der Waals surface area contributed by atoms with Crippen LogP contribution in [0, 0.1) is 5.41 Å². The lowest BCUT2D eigenvalue weighted by atomic mass is 9.81. The molecule has 136 valence electrons. The molecule has 2 amide bonds. The van der Waals surface area contributed by atoms with Gasteiger partial charge in [0, 0.05) is 17.9 Å². The molecule has 2 aromatic rings. The second-order valence-electron chi connectivity index (χ2n) is 5.65. The van der Waals surface area contributed by atoms with Crippen LogP contribution < -0.4 is 16.4 Å². The molecular weight excluding hydrogens is 342 g/mol. The monoisotopic (exact) mass is 365 g/mol. The maximum Gasteiger partial charge on any atom is 0.291 e. The van der Waals surface area contributed by atoms with Crippen LogP contribution in [0.4, 0.5) is 11.4 Å². The first-order valence-corrected chi connectivity index (χ1v) is 8.01. The normalized spacial score (nSPS) is 10.7. The van der Waals surface area contributed by atoms with Gasteiger partial charge < -0.3 is 20.8 Å². The summed E-state index contributed by atoms with van der Waals surface area (Å²) in [6.45, 7) is 4.23. The van der Waals surface area contributed by atoms with Gasteiger partial charge in [0.05, 0.1) is 11.7 Å². The summed E-state index contributed by atoms with van der Waals surface area (Å²) in [6, 6.07) is 10.2. The Hall–Kier alpha value is -2.31. The predicted octanol–water partition coefficient (Wildman–Crippen LogP) is 3.66.